The fourth-order valence-electron chi connectivity index (χ4n) is 7.40. The summed E-state index contributed by atoms with van der Waals surface area (Å²) in [6.07, 6.45) is 1.63. The highest BCUT2D eigenvalue weighted by atomic mass is 35.5. The Balaban J connectivity index is 0.000000388. The van der Waals surface area contributed by atoms with Crippen molar-refractivity contribution in [3.63, 3.8) is 0 Å². The van der Waals surface area contributed by atoms with Gasteiger partial charge < -0.3 is 29.2 Å². The molecule has 1 heterocycles. The van der Waals surface area contributed by atoms with Crippen LogP contribution < -0.4 is 0 Å². The summed E-state index contributed by atoms with van der Waals surface area (Å²) in [5.41, 5.74) is 4.83. The van der Waals surface area contributed by atoms with Crippen molar-refractivity contribution in [2.24, 2.45) is 0 Å². The molecule has 5 atom stereocenters. The predicted octanol–water partition coefficient (Wildman–Crippen LogP) is 15.7. The Kier molecular flexibility index (Phi) is 39.7. The first-order valence-corrected chi connectivity index (χ1v) is 34.3. The van der Waals surface area contributed by atoms with Crippen LogP contribution in [0.4, 0.5) is 8.78 Å². The summed E-state index contributed by atoms with van der Waals surface area (Å²) >= 11 is 30.5. The standard InChI is InChI=1S/C14H18O4S.C13H14Cl2O3S.2C13H15FO3S.C12H10Cl2O2S/c1-10(16)7-8-19-13(14(17)18-2)12-5-3-11(9-15)4-6-12;1-8(16)5-6-19-12(13(17)18-2)10-4-3-9(14)7-11(10)15;1-9(15)7-8-18-12(13(16)17-2)10-3-5-11(14)6-4-10;1-9(15)6-7-18-12(13(16)17-2)10-4-3-5-11(14)8-10;1-6(15)8-5-17-12(11(8)16)7-2-3-9(13)10(14)4-7/h3-6,13,15H,7-9H2,1-2H3;3-4,7,12H,5-6H2,1-2H3;3-6,12H,7-8H2,1-2H3;3-5,8,12H,6-7H2,1-2H3;2-4,12,16H,5H2,1H3. The minimum absolute atomic E-state index is 0.0271. The van der Waals surface area contributed by atoms with Crippen molar-refractivity contribution >= 4 is 158 Å². The lowest BCUT2D eigenvalue weighted by Gasteiger charge is -2.16. The zero-order valence-electron chi connectivity index (χ0n) is 51.4. The second-order valence-electron chi connectivity index (χ2n) is 19.4. The Hall–Kier alpha value is -5.40. The van der Waals surface area contributed by atoms with Crippen LogP contribution >= 0.6 is 105 Å². The lowest BCUT2D eigenvalue weighted by atomic mass is 10.1. The van der Waals surface area contributed by atoms with Gasteiger partial charge in [0.15, 0.2) is 5.78 Å². The molecule has 0 saturated heterocycles. The van der Waals surface area contributed by atoms with E-state index in [9.17, 15) is 57.0 Å². The number of hydrogen-bond acceptors (Lipinski definition) is 20. The van der Waals surface area contributed by atoms with E-state index >= 15 is 0 Å². The highest BCUT2D eigenvalue weighted by Crippen LogP contribution is 2.45. The molecule has 0 spiro atoms. The number of aliphatic hydroxyl groups excluding tert-OH is 2. The SMILES string of the molecule is CC(=O)C1=C(O)C(c2ccc(Cl)c(Cl)c2)SC1.COC(=O)C(SCCC(C)=O)c1ccc(CO)cc1.COC(=O)C(SCCC(C)=O)c1ccc(Cl)cc1Cl.COC(=O)C(SCCC(C)=O)c1ccc(F)cc1.COC(=O)C(SCCC(C)=O)c1cccc(F)c1. The molecule has 0 amide bonds. The molecule has 1 aliphatic heterocycles. The Morgan fingerprint density at radius 2 is 0.934 bits per heavy atom. The molecular formula is C65H72Cl4F2O15S5. The zero-order valence-corrected chi connectivity index (χ0v) is 58.5. The minimum Gasteiger partial charge on any atom is -0.510 e. The number of rotatable bonds is 27. The number of esters is 4. The molecule has 6 rings (SSSR count). The molecule has 5 aromatic rings. The van der Waals surface area contributed by atoms with Gasteiger partial charge in [-0.3, -0.25) is 43.2 Å². The van der Waals surface area contributed by atoms with Gasteiger partial charge in [0.25, 0.3) is 0 Å². The van der Waals surface area contributed by atoms with Crippen LogP contribution in [-0.2, 0) is 68.7 Å². The van der Waals surface area contributed by atoms with Crippen molar-refractivity contribution in [1.29, 1.82) is 0 Å². The van der Waals surface area contributed by atoms with Crippen LogP contribution in [-0.4, -0.2) is 120 Å². The number of ketones is 5. The quantitative estimate of drug-likeness (QED) is 0.0367. The van der Waals surface area contributed by atoms with Crippen molar-refractivity contribution < 1.29 is 81.1 Å². The van der Waals surface area contributed by atoms with Crippen LogP contribution in [0.1, 0.15) is 120 Å². The molecular weight excluding hydrogens is 1360 g/mol. The van der Waals surface area contributed by atoms with Crippen molar-refractivity contribution in [2.75, 3.05) is 57.2 Å². The number of methoxy groups -OCH3 is 4. The smallest absolute Gasteiger partial charge is 0.323 e. The van der Waals surface area contributed by atoms with E-state index in [2.05, 4.69) is 0 Å². The molecule has 494 valence electrons. The number of hydrogen-bond donors (Lipinski definition) is 2. The minimum atomic E-state index is -0.593. The third-order valence-corrected chi connectivity index (χ3v) is 19.8. The second kappa shape index (κ2) is 44.2. The summed E-state index contributed by atoms with van der Waals surface area (Å²) in [5.74, 6) is 0.769. The first-order valence-electron chi connectivity index (χ1n) is 27.5. The molecule has 1 aliphatic rings. The van der Waals surface area contributed by atoms with Crippen LogP contribution in [0.2, 0.25) is 20.1 Å². The molecule has 0 bridgehead atoms. The van der Waals surface area contributed by atoms with Crippen molar-refractivity contribution in [3.05, 3.63) is 186 Å². The van der Waals surface area contributed by atoms with Gasteiger partial charge in [0.1, 0.15) is 61.5 Å². The van der Waals surface area contributed by atoms with Crippen molar-refractivity contribution in [1.82, 2.24) is 0 Å². The van der Waals surface area contributed by atoms with E-state index < -0.39 is 44.7 Å². The normalized spacial score (nSPS) is 13.4. The Labute approximate surface area is 570 Å². The van der Waals surface area contributed by atoms with E-state index in [1.165, 1.54) is 146 Å². The summed E-state index contributed by atoms with van der Waals surface area (Å²) in [6, 6.07) is 28.9. The van der Waals surface area contributed by atoms with Gasteiger partial charge >= 0.3 is 23.9 Å². The van der Waals surface area contributed by atoms with E-state index in [1.807, 2.05) is 6.07 Å². The number of thioether (sulfide) groups is 5. The number of benzene rings is 5. The maximum atomic E-state index is 13.1. The fourth-order valence-corrected chi connectivity index (χ4v) is 14.5. The predicted molar refractivity (Wildman–Crippen MR) is 364 cm³/mol. The molecule has 15 nitrogen and oxygen atoms in total. The van der Waals surface area contributed by atoms with E-state index in [0.717, 1.165) is 16.7 Å². The number of carbonyl (C=O) groups excluding carboxylic acids is 9. The zero-order chi connectivity index (χ0) is 68.3. The van der Waals surface area contributed by atoms with Gasteiger partial charge in [-0.15, -0.1) is 58.8 Å². The first-order chi connectivity index (χ1) is 43.1. The molecule has 0 aromatic heterocycles. The van der Waals surface area contributed by atoms with E-state index in [0.29, 0.717) is 96.8 Å². The summed E-state index contributed by atoms with van der Waals surface area (Å²) in [7, 11) is 5.28. The number of Topliss-reactive ketones (excluding diaryl/α,β-unsaturated/α-hetero) is 5. The third-order valence-electron chi connectivity index (χ3n) is 12.3. The lowest BCUT2D eigenvalue weighted by Crippen LogP contribution is -2.12. The molecule has 0 saturated carbocycles. The Morgan fingerprint density at radius 1 is 0.505 bits per heavy atom. The molecule has 0 radical (unpaired) electrons. The van der Waals surface area contributed by atoms with Crippen LogP contribution in [0.3, 0.4) is 0 Å². The molecule has 0 fully saturated rings. The summed E-state index contributed by atoms with van der Waals surface area (Å²) < 4.78 is 44.9. The highest BCUT2D eigenvalue weighted by molar-refractivity contribution is 8.01. The van der Waals surface area contributed by atoms with E-state index in [-0.39, 0.29) is 58.3 Å². The maximum Gasteiger partial charge on any atom is 0.323 e. The van der Waals surface area contributed by atoms with Crippen molar-refractivity contribution in [2.45, 2.75) is 93.2 Å². The number of aliphatic hydroxyl groups is 2. The van der Waals surface area contributed by atoms with Gasteiger partial charge in [0, 0.05) is 70.1 Å². The second-order valence-corrected chi connectivity index (χ2v) is 27.0. The van der Waals surface area contributed by atoms with Gasteiger partial charge in [0.05, 0.1) is 50.3 Å². The molecule has 5 aromatic carbocycles. The number of carbonyl (C=O) groups is 9. The van der Waals surface area contributed by atoms with Crippen LogP contribution in [0.5, 0.6) is 0 Å². The highest BCUT2D eigenvalue weighted by Gasteiger charge is 2.30. The average Bonchev–Trinajstić information content (AvgIpc) is 1.80. The first kappa shape index (κ1) is 81.7. The largest absolute Gasteiger partial charge is 0.510 e. The van der Waals surface area contributed by atoms with E-state index in [1.54, 1.807) is 78.9 Å². The monoisotopic (exact) mass is 1430 g/mol. The van der Waals surface area contributed by atoms with Gasteiger partial charge in [-0.05, 0) is 117 Å². The average molecular weight is 1430 g/mol. The molecule has 91 heavy (non-hydrogen) atoms. The molecule has 5 unspecified atom stereocenters. The Bertz CT molecular complexity index is 3270. The van der Waals surface area contributed by atoms with Crippen molar-refractivity contribution in [3.8, 4) is 0 Å². The topological polar surface area (TPSA) is 231 Å². The van der Waals surface area contributed by atoms with Gasteiger partial charge in [-0.1, -0.05) is 107 Å². The van der Waals surface area contributed by atoms with Gasteiger partial charge in [0.2, 0.25) is 0 Å². The maximum absolute atomic E-state index is 13.1. The molecule has 2 N–H and O–H groups in total. The fraction of sp³-hybridized carbons (Fsp3) is 0.369. The summed E-state index contributed by atoms with van der Waals surface area (Å²) in [5, 5.41) is 18.5. The van der Waals surface area contributed by atoms with Gasteiger partial charge in [-0.2, -0.15) is 0 Å². The molecule has 26 heteroatoms. The number of halogens is 6. The van der Waals surface area contributed by atoms with Crippen LogP contribution in [0, 0.1) is 11.6 Å². The lowest BCUT2D eigenvalue weighted by molar-refractivity contribution is -0.141. The number of ether oxygens (including phenoxy) is 4. The third kappa shape index (κ3) is 30.5. The van der Waals surface area contributed by atoms with Gasteiger partial charge in [-0.25, -0.2) is 8.78 Å². The Morgan fingerprint density at radius 3 is 1.32 bits per heavy atom. The van der Waals surface area contributed by atoms with Crippen LogP contribution in [0.25, 0.3) is 0 Å². The van der Waals surface area contributed by atoms with E-state index in [4.69, 9.17) is 70.5 Å². The molecule has 0 aliphatic carbocycles. The summed E-state index contributed by atoms with van der Waals surface area (Å²) in [6.45, 7) is 7.48. The summed E-state index contributed by atoms with van der Waals surface area (Å²) in [4.78, 5) is 102. The van der Waals surface area contributed by atoms with Crippen LogP contribution in [0.15, 0.2) is 121 Å².